The third-order valence-corrected chi connectivity index (χ3v) is 6.32. The minimum Gasteiger partial charge on any atom is -0.369 e. The first-order valence-corrected chi connectivity index (χ1v) is 11.8. The molecule has 0 amide bonds. The van der Waals surface area contributed by atoms with Crippen LogP contribution in [0, 0.1) is 11.6 Å². The Balaban J connectivity index is 1.43. The molecular weight excluding hydrogens is 418 g/mol. The normalized spacial score (nSPS) is 15.7. The van der Waals surface area contributed by atoms with Crippen molar-refractivity contribution in [3.8, 4) is 0 Å². The van der Waals surface area contributed by atoms with Gasteiger partial charge < -0.3 is 9.64 Å². The lowest BCUT2D eigenvalue weighted by molar-refractivity contribution is -0.0787. The van der Waals surface area contributed by atoms with Crippen LogP contribution < -0.4 is 4.90 Å². The van der Waals surface area contributed by atoms with Crippen LogP contribution in [-0.2, 0) is 11.2 Å². The molecule has 0 saturated carbocycles. The van der Waals surface area contributed by atoms with Gasteiger partial charge in [0.25, 0.3) is 0 Å². The fourth-order valence-corrected chi connectivity index (χ4v) is 4.45. The summed E-state index contributed by atoms with van der Waals surface area (Å²) in [5.41, 5.74) is 4.36. The van der Waals surface area contributed by atoms with E-state index in [1.807, 2.05) is 0 Å². The quantitative estimate of drug-likeness (QED) is 0.407. The molecule has 3 aromatic carbocycles. The minimum atomic E-state index is -0.398. The number of piperazine rings is 1. The summed E-state index contributed by atoms with van der Waals surface area (Å²) in [4.78, 5) is 4.76. The minimum absolute atomic E-state index is 0.140. The van der Waals surface area contributed by atoms with Crippen molar-refractivity contribution >= 4 is 5.69 Å². The van der Waals surface area contributed by atoms with E-state index in [0.717, 1.165) is 50.1 Å². The van der Waals surface area contributed by atoms with E-state index in [0.29, 0.717) is 0 Å². The number of hydrogen-bond acceptors (Lipinski definition) is 3. The van der Waals surface area contributed by atoms with Crippen LogP contribution in [0.25, 0.3) is 0 Å². The zero-order valence-corrected chi connectivity index (χ0v) is 19.4. The van der Waals surface area contributed by atoms with Crippen molar-refractivity contribution in [2.75, 3.05) is 31.1 Å². The van der Waals surface area contributed by atoms with Gasteiger partial charge in [-0.2, -0.15) is 0 Å². The molecule has 0 aromatic heterocycles. The highest BCUT2D eigenvalue weighted by Crippen LogP contribution is 2.29. The Labute approximate surface area is 195 Å². The maximum absolute atomic E-state index is 13.5. The summed E-state index contributed by atoms with van der Waals surface area (Å²) >= 11 is 0. The van der Waals surface area contributed by atoms with Gasteiger partial charge in [0, 0.05) is 31.9 Å². The number of benzene rings is 3. The van der Waals surface area contributed by atoms with E-state index in [4.69, 9.17) is 4.74 Å². The monoisotopic (exact) mass is 450 g/mol. The number of halogens is 2. The van der Waals surface area contributed by atoms with Crippen LogP contribution in [0.3, 0.4) is 0 Å². The van der Waals surface area contributed by atoms with Crippen LogP contribution in [0.4, 0.5) is 14.5 Å². The van der Waals surface area contributed by atoms with Gasteiger partial charge in [0.15, 0.2) is 0 Å². The van der Waals surface area contributed by atoms with Crippen LogP contribution in [0.5, 0.6) is 0 Å². The summed E-state index contributed by atoms with van der Waals surface area (Å²) in [6, 6.07) is 21.5. The van der Waals surface area contributed by atoms with Gasteiger partial charge in [0.2, 0.25) is 0 Å². The first-order chi connectivity index (χ1) is 16.0. The molecule has 5 heteroatoms. The Hall–Kier alpha value is -2.76. The molecule has 174 valence electrons. The lowest BCUT2D eigenvalue weighted by Gasteiger charge is -2.40. The Morgan fingerprint density at radius 1 is 0.818 bits per heavy atom. The second kappa shape index (κ2) is 10.9. The lowest BCUT2D eigenvalue weighted by Crippen LogP contribution is -2.50. The first-order valence-electron chi connectivity index (χ1n) is 11.8. The molecule has 1 aliphatic rings. The number of nitrogens with zero attached hydrogens (tertiary/aromatic N) is 2. The van der Waals surface area contributed by atoms with Crippen molar-refractivity contribution in [3.63, 3.8) is 0 Å². The van der Waals surface area contributed by atoms with Crippen molar-refractivity contribution < 1.29 is 13.5 Å². The smallest absolute Gasteiger partial charge is 0.123 e. The van der Waals surface area contributed by atoms with Gasteiger partial charge in [-0.15, -0.1) is 0 Å². The Morgan fingerprint density at radius 2 is 1.39 bits per heavy atom. The molecule has 4 rings (SSSR count). The molecule has 33 heavy (non-hydrogen) atoms. The summed E-state index contributed by atoms with van der Waals surface area (Å²) in [6.07, 6.45) is 1.71. The van der Waals surface area contributed by atoms with Gasteiger partial charge in [-0.3, -0.25) is 4.90 Å². The van der Waals surface area contributed by atoms with Crippen molar-refractivity contribution in [1.82, 2.24) is 4.90 Å². The van der Waals surface area contributed by atoms with E-state index in [-0.39, 0.29) is 17.9 Å². The molecule has 0 aliphatic carbocycles. The zero-order chi connectivity index (χ0) is 23.2. The summed E-state index contributed by atoms with van der Waals surface area (Å²) in [5, 5.41) is 0. The van der Waals surface area contributed by atoms with Gasteiger partial charge >= 0.3 is 0 Å². The Bertz CT molecular complexity index is 969. The molecular formula is C28H32F2N2O. The molecule has 3 nitrogen and oxygen atoms in total. The zero-order valence-electron chi connectivity index (χ0n) is 19.4. The van der Waals surface area contributed by atoms with E-state index >= 15 is 0 Å². The van der Waals surface area contributed by atoms with Crippen molar-refractivity contribution in [2.45, 2.75) is 39.0 Å². The molecule has 1 unspecified atom stereocenters. The predicted molar refractivity (Wildman–Crippen MR) is 129 cm³/mol. The van der Waals surface area contributed by atoms with E-state index in [2.05, 4.69) is 47.9 Å². The lowest BCUT2D eigenvalue weighted by atomic mass is 10.0. The second-order valence-electron chi connectivity index (χ2n) is 8.66. The number of aryl methyl sites for hydroxylation is 1. The predicted octanol–water partition coefficient (Wildman–Crippen LogP) is 6.19. The number of hydrogen-bond donors (Lipinski definition) is 0. The molecule has 1 fully saturated rings. The number of anilines is 1. The van der Waals surface area contributed by atoms with Gasteiger partial charge in [-0.25, -0.2) is 8.78 Å². The molecule has 0 N–H and O–H groups in total. The van der Waals surface area contributed by atoms with Crippen LogP contribution in [0.15, 0.2) is 72.8 Å². The van der Waals surface area contributed by atoms with E-state index in [1.54, 1.807) is 24.3 Å². The van der Waals surface area contributed by atoms with Crippen LogP contribution in [0.2, 0.25) is 0 Å². The highest BCUT2D eigenvalue weighted by atomic mass is 19.1. The molecule has 1 aliphatic heterocycles. The Morgan fingerprint density at radius 3 is 1.94 bits per heavy atom. The summed E-state index contributed by atoms with van der Waals surface area (Å²) in [7, 11) is 0. The standard InChI is InChI=1S/C28H32F2N2O/c1-3-5-22-6-4-7-27(20-22)32-18-16-31(17-19-32)21(2)33-28(23-8-12-25(29)13-9-23)24-10-14-26(30)15-11-24/h4,6-15,20-21,28H,3,5,16-19H2,1-2H3. The highest BCUT2D eigenvalue weighted by Gasteiger charge is 2.26. The maximum Gasteiger partial charge on any atom is 0.123 e. The summed E-state index contributed by atoms with van der Waals surface area (Å²) in [6.45, 7) is 7.90. The van der Waals surface area contributed by atoms with E-state index < -0.39 is 6.10 Å². The average molecular weight is 451 g/mol. The summed E-state index contributed by atoms with van der Waals surface area (Å²) in [5.74, 6) is -0.576. The molecule has 0 bridgehead atoms. The molecule has 1 atom stereocenters. The van der Waals surface area contributed by atoms with Crippen molar-refractivity contribution in [1.29, 1.82) is 0 Å². The first kappa shape index (κ1) is 23.4. The molecule has 0 spiro atoms. The van der Waals surface area contributed by atoms with Crippen molar-refractivity contribution in [3.05, 3.63) is 101 Å². The van der Waals surface area contributed by atoms with E-state index in [1.165, 1.54) is 35.5 Å². The van der Waals surface area contributed by atoms with Crippen LogP contribution in [-0.4, -0.2) is 37.3 Å². The van der Waals surface area contributed by atoms with Crippen molar-refractivity contribution in [2.24, 2.45) is 0 Å². The topological polar surface area (TPSA) is 15.7 Å². The Kier molecular flexibility index (Phi) is 7.73. The number of rotatable bonds is 8. The third kappa shape index (κ3) is 5.98. The molecule has 0 radical (unpaired) electrons. The van der Waals surface area contributed by atoms with E-state index in [9.17, 15) is 8.78 Å². The van der Waals surface area contributed by atoms with Gasteiger partial charge in [0.05, 0.1) is 0 Å². The summed E-state index contributed by atoms with van der Waals surface area (Å²) < 4.78 is 33.5. The van der Waals surface area contributed by atoms with Gasteiger partial charge in [0.1, 0.15) is 24.0 Å². The molecule has 1 heterocycles. The second-order valence-corrected chi connectivity index (χ2v) is 8.66. The molecule has 1 saturated heterocycles. The van der Waals surface area contributed by atoms with Gasteiger partial charge in [-0.05, 0) is 66.4 Å². The largest absolute Gasteiger partial charge is 0.369 e. The third-order valence-electron chi connectivity index (χ3n) is 6.32. The van der Waals surface area contributed by atoms with Crippen LogP contribution >= 0.6 is 0 Å². The fraction of sp³-hybridized carbons (Fsp3) is 0.357. The van der Waals surface area contributed by atoms with Crippen LogP contribution in [0.1, 0.15) is 43.1 Å². The maximum atomic E-state index is 13.5. The molecule has 3 aromatic rings. The highest BCUT2D eigenvalue weighted by molar-refractivity contribution is 5.49. The average Bonchev–Trinajstić information content (AvgIpc) is 2.84. The fourth-order valence-electron chi connectivity index (χ4n) is 4.45. The number of ether oxygens (including phenoxy) is 1. The van der Waals surface area contributed by atoms with Gasteiger partial charge in [-0.1, -0.05) is 49.7 Å². The SMILES string of the molecule is CCCc1cccc(N2CCN(C(C)OC(c3ccc(F)cc3)c3ccc(F)cc3)CC2)c1.